The van der Waals surface area contributed by atoms with Crippen LogP contribution >= 0.6 is 15.9 Å². The highest BCUT2D eigenvalue weighted by Crippen LogP contribution is 2.20. The quantitative estimate of drug-likeness (QED) is 0.752. The van der Waals surface area contributed by atoms with Crippen LogP contribution in [0.2, 0.25) is 0 Å². The van der Waals surface area contributed by atoms with Crippen molar-refractivity contribution in [3.63, 3.8) is 0 Å². The van der Waals surface area contributed by atoms with Gasteiger partial charge in [0, 0.05) is 10.7 Å². The topological polar surface area (TPSA) is 42.0 Å². The van der Waals surface area contributed by atoms with E-state index in [0.29, 0.717) is 12.2 Å². The molecule has 22 heavy (non-hydrogen) atoms. The lowest BCUT2D eigenvalue weighted by Gasteiger charge is -2.08. The average molecular weight is 355 g/mol. The van der Waals surface area contributed by atoms with Crippen LogP contribution in [-0.2, 0) is 11.2 Å². The minimum absolute atomic E-state index is 0.0643. The molecule has 0 bridgehead atoms. The van der Waals surface area contributed by atoms with E-state index in [4.69, 9.17) is 0 Å². The number of nitrogens with zero attached hydrogens (tertiary/aromatic N) is 1. The van der Waals surface area contributed by atoms with E-state index in [0.717, 1.165) is 26.4 Å². The first-order chi connectivity index (χ1) is 10.6. The molecule has 0 fully saturated rings. The largest absolute Gasteiger partial charge is 0.310 e. The third-order valence-electron chi connectivity index (χ3n) is 3.55. The van der Waals surface area contributed by atoms with Gasteiger partial charge in [-0.15, -0.1) is 0 Å². The van der Waals surface area contributed by atoms with Gasteiger partial charge in [-0.05, 0) is 50.8 Å². The fourth-order valence-corrected chi connectivity index (χ4v) is 2.63. The van der Waals surface area contributed by atoms with Crippen molar-refractivity contribution in [2.45, 2.75) is 13.3 Å². The number of anilines is 1. The Balaban J connectivity index is 1.80. The van der Waals surface area contributed by atoms with Gasteiger partial charge in [0.1, 0.15) is 5.82 Å². The Labute approximate surface area is 137 Å². The van der Waals surface area contributed by atoms with E-state index in [1.165, 1.54) is 0 Å². The summed E-state index contributed by atoms with van der Waals surface area (Å²) in [4.78, 5) is 16.5. The smallest absolute Gasteiger partial charge is 0.229 e. The summed E-state index contributed by atoms with van der Waals surface area (Å²) in [7, 11) is 0. The molecule has 0 spiro atoms. The number of aryl methyl sites for hydroxylation is 1. The Bertz CT molecular complexity index is 840. The van der Waals surface area contributed by atoms with Crippen molar-refractivity contribution in [3.05, 3.63) is 70.3 Å². The van der Waals surface area contributed by atoms with Crippen LogP contribution in [0.25, 0.3) is 10.8 Å². The Kier molecular flexibility index (Phi) is 4.20. The highest BCUT2D eigenvalue weighted by Gasteiger charge is 2.08. The fraction of sp³-hybridized carbons (Fsp3) is 0.111. The molecule has 3 nitrogen and oxygen atoms in total. The summed E-state index contributed by atoms with van der Waals surface area (Å²) in [5.74, 6) is 0.511. The molecule has 0 saturated heterocycles. The minimum Gasteiger partial charge on any atom is -0.310 e. The number of fused-ring (bicyclic) bond motifs is 1. The SMILES string of the molecule is Cc1cc(NC(=O)Cc2cccc3ccccc23)ncc1Br. The zero-order valence-corrected chi connectivity index (χ0v) is 13.7. The van der Waals surface area contributed by atoms with Crippen molar-refractivity contribution < 1.29 is 4.79 Å². The van der Waals surface area contributed by atoms with Gasteiger partial charge in [0.2, 0.25) is 5.91 Å². The maximum atomic E-state index is 12.3. The lowest BCUT2D eigenvalue weighted by molar-refractivity contribution is -0.115. The van der Waals surface area contributed by atoms with Crippen molar-refractivity contribution in [1.82, 2.24) is 4.98 Å². The van der Waals surface area contributed by atoms with Gasteiger partial charge < -0.3 is 5.32 Å². The normalized spacial score (nSPS) is 10.6. The van der Waals surface area contributed by atoms with Crippen LogP contribution in [0.15, 0.2) is 59.2 Å². The third-order valence-corrected chi connectivity index (χ3v) is 4.38. The van der Waals surface area contributed by atoms with Gasteiger partial charge in [0.25, 0.3) is 0 Å². The molecule has 1 N–H and O–H groups in total. The molecule has 0 unspecified atom stereocenters. The molecule has 110 valence electrons. The predicted octanol–water partition coefficient (Wildman–Crippen LogP) is 4.49. The van der Waals surface area contributed by atoms with Crippen LogP contribution < -0.4 is 5.32 Å². The van der Waals surface area contributed by atoms with Gasteiger partial charge in [-0.2, -0.15) is 0 Å². The number of hydrogen-bond acceptors (Lipinski definition) is 2. The zero-order valence-electron chi connectivity index (χ0n) is 12.1. The van der Waals surface area contributed by atoms with Crippen molar-refractivity contribution in [2.24, 2.45) is 0 Å². The minimum atomic E-state index is -0.0643. The van der Waals surface area contributed by atoms with E-state index in [1.54, 1.807) is 6.20 Å². The second kappa shape index (κ2) is 6.28. The molecule has 0 aliphatic heterocycles. The Morgan fingerprint density at radius 1 is 1.18 bits per heavy atom. The number of halogens is 1. The van der Waals surface area contributed by atoms with E-state index in [9.17, 15) is 4.79 Å². The molecule has 3 aromatic rings. The van der Waals surface area contributed by atoms with Crippen LogP contribution in [0.5, 0.6) is 0 Å². The van der Waals surface area contributed by atoms with Gasteiger partial charge in [0.05, 0.1) is 6.42 Å². The number of carbonyl (C=O) groups is 1. The number of aromatic nitrogens is 1. The van der Waals surface area contributed by atoms with Crippen LogP contribution in [0.1, 0.15) is 11.1 Å². The third kappa shape index (κ3) is 3.17. The lowest BCUT2D eigenvalue weighted by atomic mass is 10.0. The summed E-state index contributed by atoms with van der Waals surface area (Å²) in [6.07, 6.45) is 2.03. The van der Waals surface area contributed by atoms with Crippen LogP contribution in [0.3, 0.4) is 0 Å². The van der Waals surface area contributed by atoms with Crippen molar-refractivity contribution in [3.8, 4) is 0 Å². The molecule has 3 rings (SSSR count). The van der Waals surface area contributed by atoms with Gasteiger partial charge >= 0.3 is 0 Å². The summed E-state index contributed by atoms with van der Waals surface area (Å²) in [6, 6.07) is 16.0. The number of benzene rings is 2. The molecule has 0 aliphatic carbocycles. The second-order valence-corrected chi connectivity index (χ2v) is 6.04. The first-order valence-electron chi connectivity index (χ1n) is 7.02. The Morgan fingerprint density at radius 2 is 1.95 bits per heavy atom. The van der Waals surface area contributed by atoms with E-state index in [1.807, 2.05) is 43.3 Å². The molecule has 0 aliphatic rings. The molecular weight excluding hydrogens is 340 g/mol. The average Bonchev–Trinajstić information content (AvgIpc) is 2.51. The molecule has 1 amide bonds. The number of nitrogens with one attached hydrogen (secondary N) is 1. The number of amides is 1. The molecule has 0 atom stereocenters. The molecular formula is C18H15BrN2O. The molecule has 4 heteroatoms. The Morgan fingerprint density at radius 3 is 2.77 bits per heavy atom. The van der Waals surface area contributed by atoms with Crippen LogP contribution in [0.4, 0.5) is 5.82 Å². The van der Waals surface area contributed by atoms with Gasteiger partial charge in [-0.1, -0.05) is 42.5 Å². The molecule has 0 saturated carbocycles. The first kappa shape index (κ1) is 14.7. The summed E-state index contributed by atoms with van der Waals surface area (Å²) < 4.78 is 0.930. The Hall–Kier alpha value is -2.20. The molecule has 1 aromatic heterocycles. The summed E-state index contributed by atoms with van der Waals surface area (Å²) in [6.45, 7) is 1.96. The summed E-state index contributed by atoms with van der Waals surface area (Å²) in [5.41, 5.74) is 2.06. The number of carbonyl (C=O) groups excluding carboxylic acids is 1. The van der Waals surface area contributed by atoms with E-state index in [-0.39, 0.29) is 5.91 Å². The maximum absolute atomic E-state index is 12.3. The predicted molar refractivity (Wildman–Crippen MR) is 93.0 cm³/mol. The van der Waals surface area contributed by atoms with Crippen LogP contribution in [0, 0.1) is 6.92 Å². The molecule has 1 heterocycles. The fourth-order valence-electron chi connectivity index (χ4n) is 2.41. The number of rotatable bonds is 3. The maximum Gasteiger partial charge on any atom is 0.229 e. The zero-order chi connectivity index (χ0) is 15.5. The lowest BCUT2D eigenvalue weighted by Crippen LogP contribution is -2.15. The highest BCUT2D eigenvalue weighted by atomic mass is 79.9. The van der Waals surface area contributed by atoms with E-state index < -0.39 is 0 Å². The number of hydrogen-bond donors (Lipinski definition) is 1. The standard InChI is InChI=1S/C18H15BrN2O/c1-12-9-17(20-11-16(12)19)21-18(22)10-14-7-4-6-13-5-2-3-8-15(13)14/h2-9,11H,10H2,1H3,(H,20,21,22). The van der Waals surface area contributed by atoms with Crippen molar-refractivity contribution >= 4 is 38.4 Å². The molecule has 2 aromatic carbocycles. The first-order valence-corrected chi connectivity index (χ1v) is 7.81. The second-order valence-electron chi connectivity index (χ2n) is 5.18. The molecule has 0 radical (unpaired) electrons. The highest BCUT2D eigenvalue weighted by molar-refractivity contribution is 9.10. The summed E-state index contributed by atoms with van der Waals surface area (Å²) in [5, 5.41) is 5.11. The van der Waals surface area contributed by atoms with Gasteiger partial charge in [-0.3, -0.25) is 4.79 Å². The van der Waals surface area contributed by atoms with Crippen LogP contribution in [-0.4, -0.2) is 10.9 Å². The van der Waals surface area contributed by atoms with E-state index >= 15 is 0 Å². The van der Waals surface area contributed by atoms with Crippen molar-refractivity contribution in [2.75, 3.05) is 5.32 Å². The summed E-state index contributed by atoms with van der Waals surface area (Å²) >= 11 is 3.40. The van der Waals surface area contributed by atoms with Gasteiger partial charge in [0.15, 0.2) is 0 Å². The monoisotopic (exact) mass is 354 g/mol. The van der Waals surface area contributed by atoms with E-state index in [2.05, 4.69) is 38.4 Å². The van der Waals surface area contributed by atoms with Crippen molar-refractivity contribution in [1.29, 1.82) is 0 Å². The number of pyridine rings is 1. The van der Waals surface area contributed by atoms with Gasteiger partial charge in [-0.25, -0.2) is 4.98 Å².